The van der Waals surface area contributed by atoms with Gasteiger partial charge in [0, 0.05) is 16.9 Å². The van der Waals surface area contributed by atoms with E-state index in [1.807, 2.05) is 31.2 Å². The van der Waals surface area contributed by atoms with Crippen LogP contribution < -0.4 is 10.6 Å². The summed E-state index contributed by atoms with van der Waals surface area (Å²) in [6.07, 6.45) is 0. The molecule has 1 aliphatic rings. The molecule has 2 N–H and O–H groups in total. The van der Waals surface area contributed by atoms with Crippen LogP contribution in [0.3, 0.4) is 0 Å². The first-order valence-corrected chi connectivity index (χ1v) is 6.56. The zero-order valence-corrected chi connectivity index (χ0v) is 11.5. The van der Waals surface area contributed by atoms with Crippen molar-refractivity contribution in [2.75, 3.05) is 10.6 Å². The van der Waals surface area contributed by atoms with Crippen LogP contribution >= 0.6 is 0 Å². The van der Waals surface area contributed by atoms with Crippen LogP contribution in [0.15, 0.2) is 42.5 Å². The van der Waals surface area contributed by atoms with Crippen molar-refractivity contribution in [3.8, 4) is 0 Å². The van der Waals surface area contributed by atoms with Gasteiger partial charge in [0.1, 0.15) is 6.61 Å². The first kappa shape index (κ1) is 13.2. The predicted octanol–water partition coefficient (Wildman–Crippen LogP) is 3.31. The molecular weight excluding hydrogens is 268 g/mol. The van der Waals surface area contributed by atoms with Crippen LogP contribution in [0.2, 0.25) is 0 Å². The van der Waals surface area contributed by atoms with Gasteiger partial charge in [0.2, 0.25) is 0 Å². The second kappa shape index (κ2) is 5.28. The van der Waals surface area contributed by atoms with Crippen LogP contribution in [0.1, 0.15) is 21.5 Å². The Balaban J connectivity index is 1.68. The van der Waals surface area contributed by atoms with Gasteiger partial charge in [-0.2, -0.15) is 0 Å². The number of anilines is 2. The Morgan fingerprint density at radius 3 is 2.48 bits per heavy atom. The number of benzene rings is 2. The highest BCUT2D eigenvalue weighted by Gasteiger charge is 2.21. The molecule has 21 heavy (non-hydrogen) atoms. The number of amides is 2. The third-order valence-electron chi connectivity index (χ3n) is 3.25. The van der Waals surface area contributed by atoms with Gasteiger partial charge in [-0.15, -0.1) is 0 Å². The molecule has 0 saturated heterocycles. The Bertz CT molecular complexity index is 708. The van der Waals surface area contributed by atoms with E-state index in [-0.39, 0.29) is 18.6 Å². The van der Waals surface area contributed by atoms with Crippen molar-refractivity contribution in [2.24, 2.45) is 0 Å². The Hall–Kier alpha value is -2.82. The summed E-state index contributed by atoms with van der Waals surface area (Å²) in [7, 11) is 0. The normalized spacial score (nSPS) is 12.5. The molecule has 3 rings (SSSR count). The first-order valence-electron chi connectivity index (χ1n) is 6.56. The molecule has 0 aromatic heterocycles. The molecule has 0 aliphatic carbocycles. The first-order chi connectivity index (χ1) is 10.1. The lowest BCUT2D eigenvalue weighted by Crippen LogP contribution is -2.19. The van der Waals surface area contributed by atoms with Crippen LogP contribution in [-0.2, 0) is 11.3 Å². The summed E-state index contributed by atoms with van der Waals surface area (Å²) in [5.74, 6) is -0.319. The van der Waals surface area contributed by atoms with Gasteiger partial charge in [0.25, 0.3) is 0 Å². The molecule has 0 unspecified atom stereocenters. The average Bonchev–Trinajstić information content (AvgIpc) is 2.82. The van der Waals surface area contributed by atoms with Gasteiger partial charge in [0.05, 0.1) is 5.56 Å². The van der Waals surface area contributed by atoms with Crippen LogP contribution in [-0.4, -0.2) is 12.0 Å². The van der Waals surface area contributed by atoms with Crippen molar-refractivity contribution in [1.82, 2.24) is 0 Å². The van der Waals surface area contributed by atoms with E-state index in [1.165, 1.54) is 0 Å². The molecule has 0 saturated carbocycles. The minimum absolute atomic E-state index is 0.253. The van der Waals surface area contributed by atoms with E-state index in [0.717, 1.165) is 16.8 Å². The van der Waals surface area contributed by atoms with E-state index in [0.29, 0.717) is 11.3 Å². The maximum atomic E-state index is 11.9. The van der Waals surface area contributed by atoms with E-state index < -0.39 is 0 Å². The number of nitrogens with one attached hydrogen (secondary N) is 2. The average molecular weight is 282 g/mol. The van der Waals surface area contributed by atoms with Crippen molar-refractivity contribution in [1.29, 1.82) is 0 Å². The maximum Gasteiger partial charge on any atom is 0.338 e. The van der Waals surface area contributed by atoms with Crippen molar-refractivity contribution in [3.05, 3.63) is 59.2 Å². The molecule has 2 amide bonds. The molecule has 5 heteroatoms. The van der Waals surface area contributed by atoms with E-state index in [1.54, 1.807) is 18.2 Å². The van der Waals surface area contributed by atoms with Gasteiger partial charge >= 0.3 is 12.0 Å². The molecule has 2 aromatic carbocycles. The Kier molecular flexibility index (Phi) is 3.31. The molecule has 0 radical (unpaired) electrons. The zero-order valence-electron chi connectivity index (χ0n) is 11.5. The molecule has 0 fully saturated rings. The number of rotatable bonds is 2. The van der Waals surface area contributed by atoms with Crippen molar-refractivity contribution in [2.45, 2.75) is 13.5 Å². The largest absolute Gasteiger partial charge is 0.457 e. The van der Waals surface area contributed by atoms with Crippen LogP contribution in [0.25, 0.3) is 0 Å². The third kappa shape index (κ3) is 2.86. The number of ether oxygens (including phenoxy) is 1. The molecule has 0 bridgehead atoms. The number of esters is 1. The second-order valence-electron chi connectivity index (χ2n) is 4.89. The number of cyclic esters (lactones) is 1. The zero-order chi connectivity index (χ0) is 14.8. The standard InChI is InChI=1S/C16H14N2O3/c1-10-2-4-12(5-3-10)17-16(20)18-13-6-7-14-11(8-13)9-21-15(14)19/h2-8H,9H2,1H3,(H2,17,18,20). The van der Waals surface area contributed by atoms with Gasteiger partial charge in [0.15, 0.2) is 0 Å². The highest BCUT2D eigenvalue weighted by Crippen LogP contribution is 2.23. The highest BCUT2D eigenvalue weighted by molar-refractivity contribution is 6.00. The predicted molar refractivity (Wildman–Crippen MR) is 79.4 cm³/mol. The van der Waals surface area contributed by atoms with Gasteiger partial charge in [-0.25, -0.2) is 9.59 Å². The Labute approximate surface area is 121 Å². The third-order valence-corrected chi connectivity index (χ3v) is 3.25. The number of carbonyl (C=O) groups is 2. The fourth-order valence-electron chi connectivity index (χ4n) is 2.14. The molecule has 0 spiro atoms. The summed E-state index contributed by atoms with van der Waals surface area (Å²) in [6.45, 7) is 2.24. The van der Waals surface area contributed by atoms with Crippen LogP contribution in [0.5, 0.6) is 0 Å². The lowest BCUT2D eigenvalue weighted by atomic mass is 10.1. The minimum Gasteiger partial charge on any atom is -0.457 e. The fraction of sp³-hybridized carbons (Fsp3) is 0.125. The van der Waals surface area contributed by atoms with Crippen molar-refractivity contribution >= 4 is 23.4 Å². The molecular formula is C16H14N2O3. The monoisotopic (exact) mass is 282 g/mol. The molecule has 1 heterocycles. The topological polar surface area (TPSA) is 67.4 Å². The fourth-order valence-corrected chi connectivity index (χ4v) is 2.14. The Morgan fingerprint density at radius 1 is 1.05 bits per heavy atom. The van der Waals surface area contributed by atoms with Crippen molar-refractivity contribution < 1.29 is 14.3 Å². The number of hydrogen-bond donors (Lipinski definition) is 2. The van der Waals surface area contributed by atoms with E-state index in [9.17, 15) is 9.59 Å². The Morgan fingerprint density at radius 2 is 1.71 bits per heavy atom. The second-order valence-corrected chi connectivity index (χ2v) is 4.89. The highest BCUT2D eigenvalue weighted by atomic mass is 16.5. The molecule has 1 aliphatic heterocycles. The van der Waals surface area contributed by atoms with E-state index in [4.69, 9.17) is 4.74 Å². The van der Waals surface area contributed by atoms with Gasteiger partial charge in [-0.1, -0.05) is 17.7 Å². The van der Waals surface area contributed by atoms with Crippen molar-refractivity contribution in [3.63, 3.8) is 0 Å². The summed E-state index contributed by atoms with van der Waals surface area (Å²) in [5, 5.41) is 5.48. The SMILES string of the molecule is Cc1ccc(NC(=O)Nc2ccc3c(c2)COC3=O)cc1. The molecule has 0 atom stereocenters. The molecule has 5 nitrogen and oxygen atoms in total. The number of aryl methyl sites for hydroxylation is 1. The van der Waals surface area contributed by atoms with E-state index >= 15 is 0 Å². The van der Waals surface area contributed by atoms with Crippen LogP contribution in [0.4, 0.5) is 16.2 Å². The van der Waals surface area contributed by atoms with Gasteiger partial charge < -0.3 is 15.4 Å². The quantitative estimate of drug-likeness (QED) is 0.830. The summed E-state index contributed by atoms with van der Waals surface area (Å²) < 4.78 is 4.92. The summed E-state index contributed by atoms with van der Waals surface area (Å²) in [4.78, 5) is 23.3. The van der Waals surface area contributed by atoms with Crippen LogP contribution in [0, 0.1) is 6.92 Å². The lowest BCUT2D eigenvalue weighted by Gasteiger charge is -2.08. The summed E-state index contributed by atoms with van der Waals surface area (Å²) in [5.41, 5.74) is 3.81. The molecule has 106 valence electrons. The van der Waals surface area contributed by atoms with E-state index in [2.05, 4.69) is 10.6 Å². The molecule has 2 aromatic rings. The summed E-state index contributed by atoms with van der Waals surface area (Å²) in [6, 6.07) is 12.3. The number of carbonyl (C=O) groups excluding carboxylic acids is 2. The number of hydrogen-bond acceptors (Lipinski definition) is 3. The van der Waals surface area contributed by atoms with Gasteiger partial charge in [-0.3, -0.25) is 0 Å². The smallest absolute Gasteiger partial charge is 0.338 e. The van der Waals surface area contributed by atoms with Gasteiger partial charge in [-0.05, 0) is 37.3 Å². The minimum atomic E-state index is -0.330. The number of fused-ring (bicyclic) bond motifs is 1. The number of urea groups is 1. The summed E-state index contributed by atoms with van der Waals surface area (Å²) >= 11 is 0. The maximum absolute atomic E-state index is 11.9. The lowest BCUT2D eigenvalue weighted by molar-refractivity contribution is 0.0535.